The Morgan fingerprint density at radius 2 is 2.15 bits per heavy atom. The minimum absolute atomic E-state index is 0.447. The molecule has 1 fully saturated rings. The van der Waals surface area contributed by atoms with E-state index in [9.17, 15) is 0 Å². The van der Waals surface area contributed by atoms with Crippen LogP contribution in [-0.4, -0.2) is 26.3 Å². The molecule has 0 aromatic carbocycles. The molecule has 13 heavy (non-hydrogen) atoms. The molecule has 2 nitrogen and oxygen atoms in total. The van der Waals surface area contributed by atoms with Crippen LogP contribution in [0.1, 0.15) is 39.0 Å². The third-order valence-corrected chi connectivity index (χ3v) is 2.97. The highest BCUT2D eigenvalue weighted by Crippen LogP contribution is 2.17. The molecule has 1 N–H and O–H groups in total. The molecule has 1 aliphatic heterocycles. The van der Waals surface area contributed by atoms with Gasteiger partial charge in [-0.25, -0.2) is 0 Å². The summed E-state index contributed by atoms with van der Waals surface area (Å²) in [5, 5.41) is 3.50. The lowest BCUT2D eigenvalue weighted by Gasteiger charge is -2.24. The van der Waals surface area contributed by atoms with E-state index in [-0.39, 0.29) is 0 Å². The van der Waals surface area contributed by atoms with E-state index in [1.165, 1.54) is 38.6 Å². The second-order valence-electron chi connectivity index (χ2n) is 4.10. The first kappa shape index (κ1) is 11.0. The molecule has 0 aliphatic carbocycles. The molecule has 0 bridgehead atoms. The summed E-state index contributed by atoms with van der Waals surface area (Å²) in [6, 6.07) is 0. The minimum Gasteiger partial charge on any atom is -0.380 e. The predicted molar refractivity (Wildman–Crippen MR) is 55.9 cm³/mol. The van der Waals surface area contributed by atoms with Crippen molar-refractivity contribution in [3.05, 3.63) is 0 Å². The standard InChI is InChI=1S/C11H23NO/c1-3-5-10-6-4-7-11(13-2)9-12-8-10/h10-12H,3-9H2,1-2H3. The number of nitrogens with one attached hydrogen (secondary N) is 1. The van der Waals surface area contributed by atoms with E-state index in [0.717, 1.165) is 12.5 Å². The Bertz CT molecular complexity index is 117. The van der Waals surface area contributed by atoms with Crippen molar-refractivity contribution < 1.29 is 4.74 Å². The summed E-state index contributed by atoms with van der Waals surface area (Å²) in [5.41, 5.74) is 0. The van der Waals surface area contributed by atoms with Gasteiger partial charge >= 0.3 is 0 Å². The van der Waals surface area contributed by atoms with Gasteiger partial charge in [0.2, 0.25) is 0 Å². The molecule has 0 radical (unpaired) electrons. The molecule has 1 rings (SSSR count). The van der Waals surface area contributed by atoms with Crippen molar-refractivity contribution >= 4 is 0 Å². The summed E-state index contributed by atoms with van der Waals surface area (Å²) in [6.45, 7) is 4.50. The van der Waals surface area contributed by atoms with Crippen LogP contribution in [0.5, 0.6) is 0 Å². The van der Waals surface area contributed by atoms with Gasteiger partial charge in [-0.1, -0.05) is 19.8 Å². The van der Waals surface area contributed by atoms with Gasteiger partial charge in [-0.05, 0) is 31.7 Å². The number of hydrogen-bond acceptors (Lipinski definition) is 2. The van der Waals surface area contributed by atoms with Crippen molar-refractivity contribution in [2.45, 2.75) is 45.1 Å². The maximum absolute atomic E-state index is 5.36. The minimum atomic E-state index is 0.447. The van der Waals surface area contributed by atoms with Crippen LogP contribution in [0.3, 0.4) is 0 Å². The lowest BCUT2D eigenvalue weighted by molar-refractivity contribution is 0.0840. The molecular formula is C11H23NO. The van der Waals surface area contributed by atoms with Crippen LogP contribution in [-0.2, 0) is 4.74 Å². The van der Waals surface area contributed by atoms with E-state index >= 15 is 0 Å². The van der Waals surface area contributed by atoms with Crippen molar-refractivity contribution in [3.8, 4) is 0 Å². The molecule has 78 valence electrons. The molecule has 0 saturated carbocycles. The van der Waals surface area contributed by atoms with E-state index in [0.29, 0.717) is 6.10 Å². The number of methoxy groups -OCH3 is 1. The van der Waals surface area contributed by atoms with Crippen LogP contribution in [0.25, 0.3) is 0 Å². The van der Waals surface area contributed by atoms with Crippen molar-refractivity contribution in [2.24, 2.45) is 5.92 Å². The first-order chi connectivity index (χ1) is 6.36. The van der Waals surface area contributed by atoms with Crippen molar-refractivity contribution in [1.82, 2.24) is 5.32 Å². The van der Waals surface area contributed by atoms with E-state index in [1.807, 2.05) is 7.11 Å². The molecule has 1 heterocycles. The maximum Gasteiger partial charge on any atom is 0.0695 e. The third kappa shape index (κ3) is 4.10. The van der Waals surface area contributed by atoms with E-state index in [1.54, 1.807) is 0 Å². The first-order valence-corrected chi connectivity index (χ1v) is 5.60. The lowest BCUT2D eigenvalue weighted by atomic mass is 9.94. The second-order valence-corrected chi connectivity index (χ2v) is 4.10. The van der Waals surface area contributed by atoms with Gasteiger partial charge in [0.1, 0.15) is 0 Å². The fourth-order valence-electron chi connectivity index (χ4n) is 2.14. The lowest BCUT2D eigenvalue weighted by Crippen LogP contribution is -2.34. The molecule has 0 amide bonds. The van der Waals surface area contributed by atoms with E-state index in [4.69, 9.17) is 4.74 Å². The van der Waals surface area contributed by atoms with Crippen molar-refractivity contribution in [2.75, 3.05) is 20.2 Å². The van der Waals surface area contributed by atoms with E-state index in [2.05, 4.69) is 12.2 Å². The zero-order valence-corrected chi connectivity index (χ0v) is 9.01. The van der Waals surface area contributed by atoms with Gasteiger partial charge in [0.05, 0.1) is 6.10 Å². The second kappa shape index (κ2) is 6.39. The molecule has 0 aromatic heterocycles. The number of hydrogen-bond donors (Lipinski definition) is 1. The molecule has 0 spiro atoms. The summed E-state index contributed by atoms with van der Waals surface area (Å²) >= 11 is 0. The van der Waals surface area contributed by atoms with Crippen molar-refractivity contribution in [1.29, 1.82) is 0 Å². The van der Waals surface area contributed by atoms with Crippen molar-refractivity contribution in [3.63, 3.8) is 0 Å². The Morgan fingerprint density at radius 3 is 2.85 bits per heavy atom. The molecule has 2 heteroatoms. The van der Waals surface area contributed by atoms with Gasteiger partial charge in [0.25, 0.3) is 0 Å². The largest absolute Gasteiger partial charge is 0.380 e. The summed E-state index contributed by atoms with van der Waals surface area (Å²) in [4.78, 5) is 0. The first-order valence-electron chi connectivity index (χ1n) is 5.60. The number of ether oxygens (including phenoxy) is 1. The molecule has 0 aromatic rings. The summed E-state index contributed by atoms with van der Waals surface area (Å²) in [6.07, 6.45) is 7.09. The smallest absolute Gasteiger partial charge is 0.0695 e. The number of rotatable bonds is 3. The van der Waals surface area contributed by atoms with Gasteiger partial charge in [-0.2, -0.15) is 0 Å². The average molecular weight is 185 g/mol. The zero-order chi connectivity index (χ0) is 9.52. The quantitative estimate of drug-likeness (QED) is 0.727. The highest BCUT2D eigenvalue weighted by molar-refractivity contribution is 4.71. The highest BCUT2D eigenvalue weighted by atomic mass is 16.5. The fourth-order valence-corrected chi connectivity index (χ4v) is 2.14. The monoisotopic (exact) mass is 185 g/mol. The molecular weight excluding hydrogens is 162 g/mol. The summed E-state index contributed by atoms with van der Waals surface area (Å²) in [7, 11) is 1.82. The normalized spacial score (nSPS) is 30.9. The zero-order valence-electron chi connectivity index (χ0n) is 9.01. The SMILES string of the molecule is CCCC1CCCC(OC)CNC1. The molecule has 1 saturated heterocycles. The van der Waals surface area contributed by atoms with Crippen LogP contribution in [0, 0.1) is 5.92 Å². The van der Waals surface area contributed by atoms with Crippen LogP contribution in [0.15, 0.2) is 0 Å². The van der Waals surface area contributed by atoms with Crippen LogP contribution < -0.4 is 5.32 Å². The van der Waals surface area contributed by atoms with Gasteiger partial charge in [0, 0.05) is 13.7 Å². The highest BCUT2D eigenvalue weighted by Gasteiger charge is 2.14. The molecule has 2 unspecified atom stereocenters. The Kier molecular flexibility index (Phi) is 5.40. The van der Waals surface area contributed by atoms with Gasteiger partial charge in [0.15, 0.2) is 0 Å². The van der Waals surface area contributed by atoms with Gasteiger partial charge < -0.3 is 10.1 Å². The topological polar surface area (TPSA) is 21.3 Å². The van der Waals surface area contributed by atoms with Gasteiger partial charge in [-0.15, -0.1) is 0 Å². The van der Waals surface area contributed by atoms with Crippen LogP contribution in [0.4, 0.5) is 0 Å². The molecule has 2 atom stereocenters. The molecule has 1 aliphatic rings. The average Bonchev–Trinajstić information content (AvgIpc) is 2.09. The summed E-state index contributed by atoms with van der Waals surface area (Å²) in [5.74, 6) is 0.905. The predicted octanol–water partition coefficient (Wildman–Crippen LogP) is 2.19. The Labute approximate surface area is 82.0 Å². The van der Waals surface area contributed by atoms with Crippen LogP contribution >= 0.6 is 0 Å². The Hall–Kier alpha value is -0.0800. The van der Waals surface area contributed by atoms with Crippen LogP contribution in [0.2, 0.25) is 0 Å². The summed E-state index contributed by atoms with van der Waals surface area (Å²) < 4.78 is 5.36. The fraction of sp³-hybridized carbons (Fsp3) is 1.00. The Morgan fingerprint density at radius 1 is 1.31 bits per heavy atom. The third-order valence-electron chi connectivity index (χ3n) is 2.97. The Balaban J connectivity index is 2.22. The van der Waals surface area contributed by atoms with E-state index < -0.39 is 0 Å². The maximum atomic E-state index is 5.36. The van der Waals surface area contributed by atoms with Gasteiger partial charge in [-0.3, -0.25) is 0 Å².